The number of nitrogens with zero attached hydrogens (tertiary/aromatic N) is 16. The molecule has 744 valence electrons. The van der Waals surface area contributed by atoms with Crippen LogP contribution in [-0.2, 0) is 0 Å². The quantitative estimate of drug-likeness (QED) is 0.0583. The van der Waals surface area contributed by atoms with Gasteiger partial charge in [-0.05, 0) is 355 Å². The van der Waals surface area contributed by atoms with Gasteiger partial charge in [-0.1, -0.05) is 24.3 Å². The Kier molecular flexibility index (Phi) is 29.5. The van der Waals surface area contributed by atoms with Crippen LogP contribution in [0.5, 0.6) is 0 Å². The Bertz CT molecular complexity index is 6990. The molecule has 4 fully saturated rings. The van der Waals surface area contributed by atoms with Gasteiger partial charge >= 0.3 is 0 Å². The molecule has 0 atom stereocenters. The number of hydrogen-bond donors (Lipinski definition) is 4. The van der Waals surface area contributed by atoms with Crippen molar-refractivity contribution in [1.29, 1.82) is 0 Å². The minimum Gasteiger partial charge on any atom is -0.349 e. The molecule has 16 heterocycles. The summed E-state index contributed by atoms with van der Waals surface area (Å²) >= 11 is 0. The molecule has 20 rings (SSSR count). The van der Waals surface area contributed by atoms with Gasteiger partial charge in [0.1, 0.15) is 46.0 Å². The summed E-state index contributed by atoms with van der Waals surface area (Å²) in [5.74, 6) is -1.42. The predicted octanol–water partition coefficient (Wildman–Crippen LogP) is 22.0. The molecule has 4 amide bonds. The van der Waals surface area contributed by atoms with Crippen LogP contribution in [0.4, 0.5) is 17.6 Å². The van der Waals surface area contributed by atoms with Crippen molar-refractivity contribution >= 4 is 46.0 Å². The number of aromatic nitrogens is 12. The maximum absolute atomic E-state index is 13.9. The van der Waals surface area contributed by atoms with Crippen molar-refractivity contribution in [2.45, 2.75) is 221 Å². The fourth-order valence-electron chi connectivity index (χ4n) is 21.0. The zero-order valence-corrected chi connectivity index (χ0v) is 85.3. The molecule has 0 radical (unpaired) electrons. The first-order valence-corrected chi connectivity index (χ1v) is 49.7. The number of nitrogens with one attached hydrogen (secondary N) is 4. The lowest BCUT2D eigenvalue weighted by Gasteiger charge is -2.53. The number of carbonyl (C=O) groups excluding carboxylic acids is 4. The Labute approximate surface area is 839 Å². The number of rotatable bonds is 18. The molecule has 0 unspecified atom stereocenters. The largest absolute Gasteiger partial charge is 0.349 e. The molecule has 4 aromatic carbocycles. The third-order valence-electron chi connectivity index (χ3n) is 29.7. The number of fused-ring (bicyclic) bond motifs is 4. The second-order valence-electron chi connectivity index (χ2n) is 41.9. The summed E-state index contributed by atoms with van der Waals surface area (Å²) in [4.78, 5) is 90.3. The number of benzene rings is 4. The maximum atomic E-state index is 13.9. The molecule has 144 heavy (non-hydrogen) atoms. The lowest BCUT2D eigenvalue weighted by Crippen LogP contribution is -2.62. The van der Waals surface area contributed by atoms with Crippen LogP contribution in [-0.4, -0.2) is 200 Å². The van der Waals surface area contributed by atoms with Crippen molar-refractivity contribution in [2.75, 3.05) is 40.3 Å². The van der Waals surface area contributed by atoms with E-state index in [1.54, 1.807) is 123 Å². The van der Waals surface area contributed by atoms with Crippen molar-refractivity contribution in [2.24, 2.45) is 0 Å². The molecule has 0 bridgehead atoms. The Morgan fingerprint density at radius 1 is 0.340 bits per heavy atom. The van der Waals surface area contributed by atoms with E-state index in [-0.39, 0.29) is 93.2 Å². The van der Waals surface area contributed by atoms with E-state index in [9.17, 15) is 36.7 Å². The highest BCUT2D eigenvalue weighted by Crippen LogP contribution is 2.42. The first-order valence-electron chi connectivity index (χ1n) is 49.7. The predicted molar refractivity (Wildman–Crippen MR) is 561 cm³/mol. The number of likely N-dealkylation sites (tertiary alicyclic amines) is 4. The number of pyridine rings is 8. The number of halogens is 4. The van der Waals surface area contributed by atoms with Gasteiger partial charge in [-0.15, -0.1) is 0 Å². The summed E-state index contributed by atoms with van der Waals surface area (Å²) < 4.78 is 62.6. The van der Waals surface area contributed by atoms with E-state index < -0.39 is 0 Å². The Morgan fingerprint density at radius 2 is 0.625 bits per heavy atom. The highest BCUT2D eigenvalue weighted by atomic mass is 19.1. The summed E-state index contributed by atoms with van der Waals surface area (Å²) in [5.41, 5.74) is 20.8. The van der Waals surface area contributed by atoms with Crippen molar-refractivity contribution in [3.8, 4) is 89.5 Å². The second-order valence-corrected chi connectivity index (χ2v) is 41.9. The first kappa shape index (κ1) is 101. The summed E-state index contributed by atoms with van der Waals surface area (Å²) in [6, 6.07) is 52.7. The molecule has 4 aliphatic rings. The van der Waals surface area contributed by atoms with E-state index >= 15 is 0 Å². The van der Waals surface area contributed by atoms with Crippen molar-refractivity contribution in [3.05, 3.63) is 312 Å². The third kappa shape index (κ3) is 21.9. The summed E-state index contributed by atoms with van der Waals surface area (Å²) in [6.07, 6.45) is 28.3. The van der Waals surface area contributed by atoms with E-state index in [0.717, 1.165) is 178 Å². The number of carbonyl (C=O) groups is 4. The van der Waals surface area contributed by atoms with Gasteiger partial charge in [-0.2, -0.15) is 10.2 Å². The van der Waals surface area contributed by atoms with Gasteiger partial charge in [0.15, 0.2) is 0 Å². The van der Waals surface area contributed by atoms with E-state index in [0.29, 0.717) is 68.1 Å². The maximum Gasteiger partial charge on any atom is 0.270 e. The van der Waals surface area contributed by atoms with E-state index in [2.05, 4.69) is 178 Å². The van der Waals surface area contributed by atoms with Crippen molar-refractivity contribution < 1.29 is 36.7 Å². The fourth-order valence-corrected chi connectivity index (χ4v) is 21.0. The molecule has 24 nitrogen and oxygen atoms in total. The standard InChI is InChI=1S/2C30H34FN5O.2C28H30FN5O/c1-19-14-20(9-11-24(19)31)27-23(8-7-13-32-27)21-10-12-26-33-17-25(36(26)18-21)28(37)34-22-15-29(2,3)35(6)30(4,5)16-22;1-19-14-21(9-10-25(19)31)27-23(8-7-12-32-27)20-11-13-36-26(15-20)24(18-33-36)28(37)34-22-16-29(2,3)35(6)30(4,5)17-22;1-18(2)33-13-10-22(11-14-33)32-28(35)25-16-31-26-9-7-21(17-34(25)26)23-5-4-12-30-27(23)20-6-8-24(29)19(3)15-20;1-18(2)33-12-9-22(10-13-33)32-28(35)24-17-31-34-14-8-20(16-26(24)34)23-5-4-11-30-27(23)21-6-7-25(29)19(3)15-21/h7-14,17-18,22H,15-16H2,1-6H3,(H,34,37);7-15,18,22H,16-17H2,1-6H3,(H,34,37);4-9,12,15-18,22H,10-11,13-14H2,1-3H3,(H,32,35);4-8,11,14-18,22H,9-10,12-13H2,1-3H3,(H,32,35). The second kappa shape index (κ2) is 41.9. The van der Waals surface area contributed by atoms with Crippen LogP contribution in [0.2, 0.25) is 0 Å². The number of piperidine rings is 4. The average molecular weight is 1940 g/mol. The first-order chi connectivity index (χ1) is 68.7. The summed E-state index contributed by atoms with van der Waals surface area (Å²) in [5, 5.41) is 21.8. The van der Waals surface area contributed by atoms with Gasteiger partial charge in [0, 0.05) is 190 Å². The minimum atomic E-state index is -0.242. The normalized spacial score (nSPS) is 16.4. The van der Waals surface area contributed by atoms with Crippen LogP contribution in [0.15, 0.2) is 244 Å². The SMILES string of the molecule is Cc1cc(-c2ncccc2-c2ccc3ncc(C(=O)NC4CC(C)(C)N(C)C(C)(C)C4)n3c2)ccc1F.Cc1cc(-c2ncccc2-c2ccc3ncc(C(=O)NC4CCN(C(C)C)CC4)n3c2)ccc1F.Cc1cc(-c2ncccc2-c2ccn3ncc(C(=O)NC4CC(C)(C)N(C)C(C)(C)C4)c3c2)ccc1F.Cc1cc(-c2ncccc2-c2ccn3ncc(C(=O)NC4CCN(C(C)C)CC4)c3c2)ccc1F. The minimum absolute atomic E-state index is 0.0244. The molecule has 16 aromatic rings. The Balaban J connectivity index is 0.000000132. The van der Waals surface area contributed by atoms with E-state index in [1.165, 1.54) is 24.3 Å². The Hall–Kier alpha value is -14.3. The number of imidazole rings is 2. The number of amides is 4. The lowest BCUT2D eigenvalue weighted by atomic mass is 9.77. The van der Waals surface area contributed by atoms with Crippen LogP contribution in [0.25, 0.3) is 112 Å². The molecule has 12 aromatic heterocycles. The van der Waals surface area contributed by atoms with Crippen LogP contribution >= 0.6 is 0 Å². The van der Waals surface area contributed by atoms with Crippen LogP contribution in [0.1, 0.15) is 198 Å². The van der Waals surface area contributed by atoms with Crippen LogP contribution in [0, 0.1) is 51.0 Å². The van der Waals surface area contributed by atoms with E-state index in [1.807, 2.05) is 143 Å². The van der Waals surface area contributed by atoms with Gasteiger partial charge in [-0.25, -0.2) is 36.6 Å². The lowest BCUT2D eigenvalue weighted by molar-refractivity contribution is -0.0173. The third-order valence-corrected chi connectivity index (χ3v) is 29.7. The molecule has 4 aliphatic heterocycles. The zero-order valence-electron chi connectivity index (χ0n) is 85.3. The van der Waals surface area contributed by atoms with Gasteiger partial charge in [-0.3, -0.25) is 57.7 Å². The fraction of sp³-hybridized carbons (Fsp3) is 0.345. The summed E-state index contributed by atoms with van der Waals surface area (Å²) in [6.45, 7) is 37.6. The Morgan fingerprint density at radius 3 is 0.931 bits per heavy atom. The molecule has 28 heteroatoms. The van der Waals surface area contributed by atoms with Crippen LogP contribution < -0.4 is 21.3 Å². The monoisotopic (exact) mass is 1940 g/mol. The van der Waals surface area contributed by atoms with Gasteiger partial charge in [0.2, 0.25) is 0 Å². The highest BCUT2D eigenvalue weighted by molar-refractivity contribution is 6.03. The topological polar surface area (TPSA) is 250 Å². The molecule has 4 N–H and O–H groups in total. The smallest absolute Gasteiger partial charge is 0.270 e. The molecular weight excluding hydrogens is 1810 g/mol. The number of aryl methyl sites for hydroxylation is 4. The van der Waals surface area contributed by atoms with Crippen molar-refractivity contribution in [3.63, 3.8) is 0 Å². The van der Waals surface area contributed by atoms with Gasteiger partial charge in [0.05, 0.1) is 69.7 Å². The average Bonchev–Trinajstić information content (AvgIpc) is 0.978. The highest BCUT2D eigenvalue weighted by Gasteiger charge is 2.46. The molecule has 4 saturated heterocycles. The molecule has 0 aliphatic carbocycles. The van der Waals surface area contributed by atoms with E-state index in [4.69, 9.17) is 0 Å². The van der Waals surface area contributed by atoms with Crippen LogP contribution in [0.3, 0.4) is 0 Å². The van der Waals surface area contributed by atoms with Gasteiger partial charge < -0.3 is 31.1 Å². The summed E-state index contributed by atoms with van der Waals surface area (Å²) in [7, 11) is 4.31. The van der Waals surface area contributed by atoms with Crippen molar-refractivity contribution in [1.82, 2.24) is 98.8 Å². The number of hydrogen-bond acceptors (Lipinski definition) is 16. The molecule has 0 spiro atoms. The zero-order chi connectivity index (χ0) is 102. The molecule has 0 saturated carbocycles. The molecular formula is C116H128F4N20O4. The van der Waals surface area contributed by atoms with Gasteiger partial charge in [0.25, 0.3) is 23.6 Å².